The number of nitrogens with zero attached hydrogens (tertiary/aromatic N) is 1. The molecule has 10 heavy (non-hydrogen) atoms. The van der Waals surface area contributed by atoms with Gasteiger partial charge in [-0.1, -0.05) is 6.92 Å². The van der Waals surface area contributed by atoms with Crippen molar-refractivity contribution < 1.29 is 0 Å². The molecular weight excluding hydrogens is 126 g/mol. The molecule has 1 aromatic heterocycles. The summed E-state index contributed by atoms with van der Waals surface area (Å²) in [4.78, 5) is 0. The molecule has 0 aliphatic carbocycles. The summed E-state index contributed by atoms with van der Waals surface area (Å²) < 4.78 is 0. The molecule has 0 aliphatic rings. The zero-order valence-corrected chi connectivity index (χ0v) is 6.17. The van der Waals surface area contributed by atoms with E-state index in [0.29, 0.717) is 5.92 Å². The number of aromatic nitrogens is 2. The first kappa shape index (κ1) is 7.28. The third-order valence-electron chi connectivity index (χ3n) is 1.53. The van der Waals surface area contributed by atoms with Crippen molar-refractivity contribution in [1.82, 2.24) is 10.2 Å². The first-order valence-corrected chi connectivity index (χ1v) is 3.51. The van der Waals surface area contributed by atoms with Gasteiger partial charge in [0.15, 0.2) is 0 Å². The largest absolute Gasteiger partial charge is 0.330 e. The molecule has 0 fully saturated rings. The summed E-state index contributed by atoms with van der Waals surface area (Å²) in [7, 11) is 0. The van der Waals surface area contributed by atoms with Gasteiger partial charge in [0, 0.05) is 11.9 Å². The molecule has 56 valence electrons. The lowest BCUT2D eigenvalue weighted by molar-refractivity contribution is 0.583. The van der Waals surface area contributed by atoms with Crippen molar-refractivity contribution in [2.45, 2.75) is 13.3 Å². The minimum atomic E-state index is 0.542. The van der Waals surface area contributed by atoms with Crippen LogP contribution >= 0.6 is 0 Å². The Hall–Kier alpha value is -0.830. The lowest BCUT2D eigenvalue weighted by Gasteiger charge is -2.04. The van der Waals surface area contributed by atoms with E-state index in [0.717, 1.165) is 18.7 Å². The molecular formula is C7H13N3. The first-order chi connectivity index (χ1) is 4.83. The molecule has 0 radical (unpaired) electrons. The van der Waals surface area contributed by atoms with E-state index in [1.165, 1.54) is 0 Å². The topological polar surface area (TPSA) is 54.7 Å². The van der Waals surface area contributed by atoms with Gasteiger partial charge >= 0.3 is 0 Å². The van der Waals surface area contributed by atoms with Crippen LogP contribution in [0.2, 0.25) is 0 Å². The van der Waals surface area contributed by atoms with Gasteiger partial charge in [0.1, 0.15) is 0 Å². The molecule has 1 rings (SSSR count). The number of nitrogens with one attached hydrogen (secondary N) is 1. The summed E-state index contributed by atoms with van der Waals surface area (Å²) in [6.07, 6.45) is 2.76. The van der Waals surface area contributed by atoms with Crippen LogP contribution in [0.3, 0.4) is 0 Å². The van der Waals surface area contributed by atoms with E-state index < -0.39 is 0 Å². The summed E-state index contributed by atoms with van der Waals surface area (Å²) in [6, 6.07) is 1.98. The summed E-state index contributed by atoms with van der Waals surface area (Å²) in [5, 5.41) is 6.74. The SMILES string of the molecule is CC(CN)Cc1ccn[nH]1. The average molecular weight is 139 g/mol. The minimum absolute atomic E-state index is 0.542. The predicted octanol–water partition coefficient (Wildman–Crippen LogP) is 0.547. The Labute approximate surface area is 60.6 Å². The summed E-state index contributed by atoms with van der Waals surface area (Å²) in [5.74, 6) is 0.542. The van der Waals surface area contributed by atoms with Gasteiger partial charge in [-0.25, -0.2) is 0 Å². The van der Waals surface area contributed by atoms with Gasteiger partial charge in [-0.3, -0.25) is 5.10 Å². The van der Waals surface area contributed by atoms with Crippen molar-refractivity contribution in [3.05, 3.63) is 18.0 Å². The standard InChI is InChI=1S/C7H13N3/c1-6(5-8)4-7-2-3-9-10-7/h2-3,6H,4-5,8H2,1H3,(H,9,10). The Morgan fingerprint density at radius 1 is 1.80 bits per heavy atom. The highest BCUT2D eigenvalue weighted by Gasteiger charge is 2.00. The summed E-state index contributed by atoms with van der Waals surface area (Å²) in [5.41, 5.74) is 6.62. The van der Waals surface area contributed by atoms with E-state index in [2.05, 4.69) is 17.1 Å². The second kappa shape index (κ2) is 3.37. The van der Waals surface area contributed by atoms with Crippen LogP contribution in [0.25, 0.3) is 0 Å². The Morgan fingerprint density at radius 2 is 2.60 bits per heavy atom. The van der Waals surface area contributed by atoms with Crippen LogP contribution in [0.5, 0.6) is 0 Å². The maximum absolute atomic E-state index is 5.45. The number of rotatable bonds is 3. The predicted molar refractivity (Wildman–Crippen MR) is 40.5 cm³/mol. The number of H-pyrrole nitrogens is 1. The van der Waals surface area contributed by atoms with Crippen LogP contribution in [0.4, 0.5) is 0 Å². The molecule has 1 atom stereocenters. The van der Waals surface area contributed by atoms with E-state index >= 15 is 0 Å². The molecule has 1 heterocycles. The molecule has 1 aromatic rings. The van der Waals surface area contributed by atoms with Gasteiger partial charge in [-0.15, -0.1) is 0 Å². The van der Waals surface area contributed by atoms with Gasteiger partial charge in [-0.2, -0.15) is 5.10 Å². The maximum Gasteiger partial charge on any atom is 0.0490 e. The van der Waals surface area contributed by atoms with Crippen LogP contribution < -0.4 is 5.73 Å². The lowest BCUT2D eigenvalue weighted by Crippen LogP contribution is -2.13. The fourth-order valence-electron chi connectivity index (χ4n) is 0.857. The molecule has 0 saturated carbocycles. The average Bonchev–Trinajstić information content (AvgIpc) is 2.40. The van der Waals surface area contributed by atoms with E-state index in [1.54, 1.807) is 6.20 Å². The number of nitrogens with two attached hydrogens (primary N) is 1. The quantitative estimate of drug-likeness (QED) is 0.642. The second-order valence-corrected chi connectivity index (χ2v) is 2.63. The molecule has 0 aromatic carbocycles. The zero-order chi connectivity index (χ0) is 7.40. The van der Waals surface area contributed by atoms with Crippen LogP contribution in [-0.4, -0.2) is 16.7 Å². The Balaban J connectivity index is 2.40. The molecule has 3 heteroatoms. The van der Waals surface area contributed by atoms with Crippen LogP contribution in [0.1, 0.15) is 12.6 Å². The lowest BCUT2D eigenvalue weighted by atomic mass is 10.1. The number of hydrogen-bond donors (Lipinski definition) is 2. The highest BCUT2D eigenvalue weighted by atomic mass is 15.1. The molecule has 0 saturated heterocycles. The van der Waals surface area contributed by atoms with Crippen LogP contribution in [-0.2, 0) is 6.42 Å². The normalized spacial score (nSPS) is 13.4. The smallest absolute Gasteiger partial charge is 0.0490 e. The van der Waals surface area contributed by atoms with E-state index in [9.17, 15) is 0 Å². The molecule has 0 bridgehead atoms. The fourth-order valence-corrected chi connectivity index (χ4v) is 0.857. The monoisotopic (exact) mass is 139 g/mol. The van der Waals surface area contributed by atoms with Crippen molar-refractivity contribution >= 4 is 0 Å². The van der Waals surface area contributed by atoms with Gasteiger partial charge < -0.3 is 5.73 Å². The molecule has 0 aliphatic heterocycles. The van der Waals surface area contributed by atoms with E-state index in [1.807, 2.05) is 6.07 Å². The van der Waals surface area contributed by atoms with Crippen LogP contribution in [0.15, 0.2) is 12.3 Å². The van der Waals surface area contributed by atoms with Gasteiger partial charge in [0.05, 0.1) is 0 Å². The molecule has 0 spiro atoms. The van der Waals surface area contributed by atoms with Crippen LogP contribution in [0, 0.1) is 5.92 Å². The second-order valence-electron chi connectivity index (χ2n) is 2.63. The molecule has 3 N–H and O–H groups in total. The first-order valence-electron chi connectivity index (χ1n) is 3.51. The van der Waals surface area contributed by atoms with Gasteiger partial charge in [0.2, 0.25) is 0 Å². The molecule has 1 unspecified atom stereocenters. The molecule has 0 amide bonds. The highest BCUT2D eigenvalue weighted by Crippen LogP contribution is 2.02. The van der Waals surface area contributed by atoms with Crippen molar-refractivity contribution in [1.29, 1.82) is 0 Å². The third-order valence-corrected chi connectivity index (χ3v) is 1.53. The Morgan fingerprint density at radius 3 is 3.10 bits per heavy atom. The van der Waals surface area contributed by atoms with Gasteiger partial charge in [0.25, 0.3) is 0 Å². The van der Waals surface area contributed by atoms with Crippen molar-refractivity contribution in [3.8, 4) is 0 Å². The van der Waals surface area contributed by atoms with Crippen molar-refractivity contribution in [2.75, 3.05) is 6.54 Å². The van der Waals surface area contributed by atoms with E-state index in [4.69, 9.17) is 5.73 Å². The maximum atomic E-state index is 5.45. The highest BCUT2D eigenvalue weighted by molar-refractivity contribution is 4.98. The van der Waals surface area contributed by atoms with Crippen molar-refractivity contribution in [3.63, 3.8) is 0 Å². The summed E-state index contributed by atoms with van der Waals surface area (Å²) in [6.45, 7) is 2.86. The summed E-state index contributed by atoms with van der Waals surface area (Å²) >= 11 is 0. The minimum Gasteiger partial charge on any atom is -0.330 e. The fraction of sp³-hybridized carbons (Fsp3) is 0.571. The number of hydrogen-bond acceptors (Lipinski definition) is 2. The zero-order valence-electron chi connectivity index (χ0n) is 6.17. The van der Waals surface area contributed by atoms with Gasteiger partial charge in [-0.05, 0) is 24.9 Å². The van der Waals surface area contributed by atoms with E-state index in [-0.39, 0.29) is 0 Å². The molecule has 3 nitrogen and oxygen atoms in total. The van der Waals surface area contributed by atoms with Crippen molar-refractivity contribution in [2.24, 2.45) is 11.7 Å². The Bertz CT molecular complexity index is 169. The third kappa shape index (κ3) is 1.84. The number of aromatic amines is 1. The Kier molecular flexibility index (Phi) is 2.45.